The van der Waals surface area contributed by atoms with Crippen molar-refractivity contribution in [1.29, 1.82) is 0 Å². The van der Waals surface area contributed by atoms with E-state index in [0.29, 0.717) is 50.9 Å². The third kappa shape index (κ3) is 4.82. The highest BCUT2D eigenvalue weighted by Crippen LogP contribution is 2.32. The standard InChI is InChI=1S/C23H17Cl2N3O3/c24-14-7-9-18(25)17(12-14)21-10-8-15(31-21)13-27-22-20(6-3-11-26-22)28-19-5-2-1-4-16(19)23(29)30/h1-12,28H,13H2,(H,26,27)(H,29,30). The molecule has 0 aliphatic heterocycles. The minimum atomic E-state index is -1.01. The van der Waals surface area contributed by atoms with Crippen LogP contribution in [0.5, 0.6) is 0 Å². The maximum Gasteiger partial charge on any atom is 0.337 e. The molecule has 156 valence electrons. The summed E-state index contributed by atoms with van der Waals surface area (Å²) in [5.41, 5.74) is 2.00. The number of hydrogen-bond acceptors (Lipinski definition) is 5. The molecule has 0 aliphatic carbocycles. The number of carboxylic acid groups (broad SMARTS) is 1. The summed E-state index contributed by atoms with van der Waals surface area (Å²) in [6.07, 6.45) is 1.65. The molecule has 2 aromatic carbocycles. The molecule has 0 saturated carbocycles. The third-order valence-electron chi connectivity index (χ3n) is 4.52. The third-order valence-corrected chi connectivity index (χ3v) is 5.08. The fourth-order valence-electron chi connectivity index (χ4n) is 3.05. The molecule has 0 bridgehead atoms. The normalized spacial score (nSPS) is 10.6. The predicted molar refractivity (Wildman–Crippen MR) is 122 cm³/mol. The minimum Gasteiger partial charge on any atom is -0.478 e. The number of carboxylic acids is 1. The lowest BCUT2D eigenvalue weighted by molar-refractivity contribution is 0.0698. The lowest BCUT2D eigenvalue weighted by Crippen LogP contribution is -2.06. The van der Waals surface area contributed by atoms with Gasteiger partial charge >= 0.3 is 5.97 Å². The molecule has 0 spiro atoms. The van der Waals surface area contributed by atoms with Crippen LogP contribution in [0.2, 0.25) is 10.0 Å². The molecule has 0 saturated heterocycles. The van der Waals surface area contributed by atoms with Gasteiger partial charge in [-0.05, 0) is 54.6 Å². The molecule has 0 aliphatic rings. The first-order valence-electron chi connectivity index (χ1n) is 9.33. The van der Waals surface area contributed by atoms with Gasteiger partial charge in [-0.15, -0.1) is 0 Å². The SMILES string of the molecule is O=C(O)c1ccccc1Nc1cccnc1NCc1ccc(-c2cc(Cl)ccc2Cl)o1. The van der Waals surface area contributed by atoms with Gasteiger partial charge in [0, 0.05) is 16.8 Å². The van der Waals surface area contributed by atoms with Crippen molar-refractivity contribution in [2.75, 3.05) is 10.6 Å². The van der Waals surface area contributed by atoms with Gasteiger partial charge in [-0.1, -0.05) is 35.3 Å². The summed E-state index contributed by atoms with van der Waals surface area (Å²) >= 11 is 12.3. The number of anilines is 3. The van der Waals surface area contributed by atoms with Crippen LogP contribution in [-0.4, -0.2) is 16.1 Å². The molecular weight excluding hydrogens is 437 g/mol. The van der Waals surface area contributed by atoms with Crippen molar-refractivity contribution in [2.24, 2.45) is 0 Å². The van der Waals surface area contributed by atoms with Crippen LogP contribution < -0.4 is 10.6 Å². The molecule has 0 unspecified atom stereocenters. The number of aromatic carboxylic acids is 1. The molecule has 4 aromatic rings. The summed E-state index contributed by atoms with van der Waals surface area (Å²) in [6, 6.07) is 19.1. The van der Waals surface area contributed by atoms with E-state index in [0.717, 1.165) is 0 Å². The van der Waals surface area contributed by atoms with E-state index in [1.807, 2.05) is 18.2 Å². The van der Waals surface area contributed by atoms with Gasteiger partial charge < -0.3 is 20.2 Å². The first-order valence-corrected chi connectivity index (χ1v) is 10.1. The largest absolute Gasteiger partial charge is 0.478 e. The molecule has 8 heteroatoms. The van der Waals surface area contributed by atoms with Crippen LogP contribution in [0.15, 0.2) is 77.3 Å². The molecule has 6 nitrogen and oxygen atoms in total. The highest BCUT2D eigenvalue weighted by molar-refractivity contribution is 6.35. The molecule has 2 heterocycles. The van der Waals surface area contributed by atoms with Crippen molar-refractivity contribution in [3.05, 3.63) is 94.3 Å². The Bertz CT molecular complexity index is 1240. The van der Waals surface area contributed by atoms with Crippen LogP contribution in [0, 0.1) is 0 Å². The van der Waals surface area contributed by atoms with Crippen molar-refractivity contribution in [3.63, 3.8) is 0 Å². The maximum absolute atomic E-state index is 11.5. The Morgan fingerprint density at radius 3 is 2.65 bits per heavy atom. The van der Waals surface area contributed by atoms with Crippen molar-refractivity contribution in [3.8, 4) is 11.3 Å². The van der Waals surface area contributed by atoms with E-state index >= 15 is 0 Å². The molecule has 2 aromatic heterocycles. The molecule has 0 amide bonds. The highest BCUT2D eigenvalue weighted by Gasteiger charge is 2.13. The Hall–Kier alpha value is -3.48. The van der Waals surface area contributed by atoms with Crippen LogP contribution in [0.4, 0.5) is 17.2 Å². The van der Waals surface area contributed by atoms with Gasteiger partial charge in [0.1, 0.15) is 17.3 Å². The Morgan fingerprint density at radius 1 is 1.00 bits per heavy atom. The van der Waals surface area contributed by atoms with Crippen molar-refractivity contribution in [2.45, 2.75) is 6.54 Å². The quantitative estimate of drug-likeness (QED) is 0.288. The van der Waals surface area contributed by atoms with Gasteiger partial charge in [0.05, 0.1) is 28.5 Å². The minimum absolute atomic E-state index is 0.173. The average molecular weight is 454 g/mol. The average Bonchev–Trinajstić information content (AvgIpc) is 3.24. The molecule has 0 radical (unpaired) electrons. The lowest BCUT2D eigenvalue weighted by atomic mass is 10.1. The molecular formula is C23H17Cl2N3O3. The predicted octanol–water partition coefficient (Wildman–Crippen LogP) is 6.70. The van der Waals surface area contributed by atoms with E-state index in [4.69, 9.17) is 27.6 Å². The van der Waals surface area contributed by atoms with E-state index < -0.39 is 5.97 Å². The number of rotatable bonds is 7. The van der Waals surface area contributed by atoms with Crippen LogP contribution in [0.1, 0.15) is 16.1 Å². The van der Waals surface area contributed by atoms with Crippen LogP contribution in [-0.2, 0) is 6.54 Å². The van der Waals surface area contributed by atoms with E-state index in [-0.39, 0.29) is 5.56 Å². The fourth-order valence-corrected chi connectivity index (χ4v) is 3.43. The number of halogens is 2. The van der Waals surface area contributed by atoms with E-state index in [9.17, 15) is 9.90 Å². The Morgan fingerprint density at radius 2 is 1.81 bits per heavy atom. The van der Waals surface area contributed by atoms with Crippen molar-refractivity contribution < 1.29 is 14.3 Å². The number of carbonyl (C=O) groups is 1. The van der Waals surface area contributed by atoms with Crippen LogP contribution in [0.3, 0.4) is 0 Å². The molecule has 31 heavy (non-hydrogen) atoms. The maximum atomic E-state index is 11.5. The molecule has 0 fully saturated rings. The van der Waals surface area contributed by atoms with E-state index in [1.165, 1.54) is 0 Å². The first-order chi connectivity index (χ1) is 15.0. The second-order valence-electron chi connectivity index (χ2n) is 6.62. The summed E-state index contributed by atoms with van der Waals surface area (Å²) in [5, 5.41) is 16.9. The number of nitrogens with zero attached hydrogens (tertiary/aromatic N) is 1. The van der Waals surface area contributed by atoms with E-state index in [1.54, 1.807) is 54.7 Å². The highest BCUT2D eigenvalue weighted by atomic mass is 35.5. The second kappa shape index (κ2) is 9.12. The topological polar surface area (TPSA) is 87.4 Å². The number of benzene rings is 2. The lowest BCUT2D eigenvalue weighted by Gasteiger charge is -2.13. The van der Waals surface area contributed by atoms with Gasteiger partial charge in [-0.3, -0.25) is 0 Å². The van der Waals surface area contributed by atoms with Gasteiger partial charge in [-0.2, -0.15) is 0 Å². The zero-order valence-electron chi connectivity index (χ0n) is 16.1. The van der Waals surface area contributed by atoms with Crippen molar-refractivity contribution >= 4 is 46.4 Å². The number of hydrogen-bond donors (Lipinski definition) is 3. The Kier molecular flexibility index (Phi) is 6.11. The van der Waals surface area contributed by atoms with Gasteiger partial charge in [0.15, 0.2) is 0 Å². The Labute approximate surface area is 188 Å². The second-order valence-corrected chi connectivity index (χ2v) is 7.46. The number of pyridine rings is 1. The van der Waals surface area contributed by atoms with Gasteiger partial charge in [0.25, 0.3) is 0 Å². The van der Waals surface area contributed by atoms with Crippen LogP contribution >= 0.6 is 23.2 Å². The number of aromatic nitrogens is 1. The Balaban J connectivity index is 1.51. The molecule has 3 N–H and O–H groups in total. The summed E-state index contributed by atoms with van der Waals surface area (Å²) in [4.78, 5) is 15.8. The molecule has 0 atom stereocenters. The summed E-state index contributed by atoms with van der Waals surface area (Å²) in [5.74, 6) is 0.832. The van der Waals surface area contributed by atoms with Gasteiger partial charge in [0.2, 0.25) is 0 Å². The fraction of sp³-hybridized carbons (Fsp3) is 0.0435. The van der Waals surface area contributed by atoms with Gasteiger partial charge in [-0.25, -0.2) is 9.78 Å². The first kappa shape index (κ1) is 20.8. The summed E-state index contributed by atoms with van der Waals surface area (Å²) in [7, 11) is 0. The number of nitrogens with one attached hydrogen (secondary N) is 2. The van der Waals surface area contributed by atoms with E-state index in [2.05, 4.69) is 15.6 Å². The van der Waals surface area contributed by atoms with Crippen LogP contribution in [0.25, 0.3) is 11.3 Å². The van der Waals surface area contributed by atoms with Crippen molar-refractivity contribution in [1.82, 2.24) is 4.98 Å². The monoisotopic (exact) mass is 453 g/mol. The summed E-state index contributed by atoms with van der Waals surface area (Å²) in [6.45, 7) is 0.366. The zero-order chi connectivity index (χ0) is 21.8. The number of para-hydroxylation sites is 1. The smallest absolute Gasteiger partial charge is 0.337 e. The zero-order valence-corrected chi connectivity index (χ0v) is 17.6. The number of furan rings is 1. The summed E-state index contributed by atoms with van der Waals surface area (Å²) < 4.78 is 5.90. The molecule has 4 rings (SSSR count).